The van der Waals surface area contributed by atoms with Crippen molar-refractivity contribution in [2.24, 2.45) is 0 Å². The quantitative estimate of drug-likeness (QED) is 0.399. The average Bonchev–Trinajstić information content (AvgIpc) is 3.26. The van der Waals surface area contributed by atoms with Gasteiger partial charge in [-0.3, -0.25) is 19.7 Å². The number of aromatic nitrogens is 2. The number of urea groups is 1. The van der Waals surface area contributed by atoms with Crippen LogP contribution in [0.1, 0.15) is 21.6 Å². The fourth-order valence-corrected chi connectivity index (χ4v) is 3.88. The Kier molecular flexibility index (Phi) is 4.60. The van der Waals surface area contributed by atoms with Gasteiger partial charge in [0.25, 0.3) is 11.8 Å². The van der Waals surface area contributed by atoms with E-state index in [2.05, 4.69) is 32.4 Å². The summed E-state index contributed by atoms with van der Waals surface area (Å²) in [6.07, 6.45) is 0. The van der Waals surface area contributed by atoms with Crippen LogP contribution in [0.5, 0.6) is 5.75 Å². The summed E-state index contributed by atoms with van der Waals surface area (Å²) in [5, 5.41) is 5.47. The molecular weight excluding hydrogens is 426 g/mol. The molecule has 0 bridgehead atoms. The number of imide groups is 1. The molecule has 1 aromatic carbocycles. The van der Waals surface area contributed by atoms with Crippen LogP contribution in [0, 0.1) is 11.8 Å². The first kappa shape index (κ1) is 20.3. The van der Waals surface area contributed by atoms with E-state index in [0.29, 0.717) is 22.7 Å². The van der Waals surface area contributed by atoms with Crippen LogP contribution in [-0.2, 0) is 11.3 Å². The Morgan fingerprint density at radius 3 is 2.70 bits per heavy atom. The zero-order valence-corrected chi connectivity index (χ0v) is 17.4. The van der Waals surface area contributed by atoms with Crippen LogP contribution in [0.3, 0.4) is 0 Å². The number of benzene rings is 1. The highest BCUT2D eigenvalue weighted by atomic mass is 16.5. The van der Waals surface area contributed by atoms with Gasteiger partial charge in [-0.15, -0.1) is 0 Å². The maximum atomic E-state index is 13.0. The summed E-state index contributed by atoms with van der Waals surface area (Å²) in [5.74, 6) is 5.20. The number of carbonyl (C=O) groups excluding carboxylic acids is 3. The first-order valence-corrected chi connectivity index (χ1v) is 10.00. The van der Waals surface area contributed by atoms with Crippen LogP contribution < -0.4 is 20.9 Å². The summed E-state index contributed by atoms with van der Waals surface area (Å²) in [5.41, 5.74) is -0.0562. The highest BCUT2D eigenvalue weighted by Gasteiger charge is 2.48. The van der Waals surface area contributed by atoms with Crippen molar-refractivity contribution in [2.45, 2.75) is 12.1 Å². The molecule has 1 saturated heterocycles. The van der Waals surface area contributed by atoms with Gasteiger partial charge in [0.05, 0.1) is 13.7 Å². The summed E-state index contributed by atoms with van der Waals surface area (Å²) in [7, 11) is 1.51. The van der Waals surface area contributed by atoms with Gasteiger partial charge in [0, 0.05) is 23.6 Å². The molecule has 0 spiro atoms. The minimum atomic E-state index is -1.65. The molecule has 0 aliphatic carbocycles. The van der Waals surface area contributed by atoms with E-state index in [9.17, 15) is 19.2 Å². The van der Waals surface area contributed by atoms with Crippen LogP contribution in [0.25, 0.3) is 11.0 Å². The van der Waals surface area contributed by atoms with Crippen molar-refractivity contribution in [3.63, 3.8) is 0 Å². The number of ether oxygens (including phenoxy) is 1. The Bertz CT molecular complexity index is 1470. The van der Waals surface area contributed by atoms with E-state index in [-0.39, 0.29) is 24.6 Å². The number of hydrogen-bond donors (Lipinski definition) is 3. The largest absolute Gasteiger partial charge is 0.497 e. The second-order valence-electron chi connectivity index (χ2n) is 7.70. The predicted molar refractivity (Wildman–Crippen MR) is 116 cm³/mol. The van der Waals surface area contributed by atoms with Crippen LogP contribution in [0.15, 0.2) is 47.3 Å². The Morgan fingerprint density at radius 1 is 1.12 bits per heavy atom. The van der Waals surface area contributed by atoms with Crippen molar-refractivity contribution in [2.75, 3.05) is 13.7 Å². The minimum Gasteiger partial charge on any atom is -0.497 e. The summed E-state index contributed by atoms with van der Waals surface area (Å²) < 4.78 is 5.19. The lowest BCUT2D eigenvalue weighted by molar-refractivity contribution is -0.122. The monoisotopic (exact) mass is 443 g/mol. The highest BCUT2D eigenvalue weighted by Crippen LogP contribution is 2.28. The summed E-state index contributed by atoms with van der Waals surface area (Å²) in [6, 6.07) is 10.9. The van der Waals surface area contributed by atoms with Crippen molar-refractivity contribution in [3.8, 4) is 17.6 Å². The minimum absolute atomic E-state index is 0.155. The molecule has 33 heavy (non-hydrogen) atoms. The SMILES string of the molecule is COc1ccc2c(c1)C(=O)N(C[C@@]1(C#Cc3ccc4ccc(=O)[nH]c4n3)NC(=O)NC1=O)C2. The number of rotatable bonds is 3. The molecule has 2 aliphatic heterocycles. The maximum Gasteiger partial charge on any atom is 0.323 e. The third-order valence-corrected chi connectivity index (χ3v) is 5.55. The van der Waals surface area contributed by atoms with E-state index in [1.807, 2.05) is 0 Å². The standard InChI is InChI=1S/C23H17N5O5/c1-33-16-6-3-14-11-28(20(30)17(14)10-16)12-23(21(31)26-22(32)27-23)9-8-15-5-2-13-4-7-18(29)25-19(13)24-15/h2-7,10H,11-12H2,1H3,(H,24,25,29)(H2,26,27,31,32)/t23-/m1/s1. The Hall–Kier alpha value is -4.65. The van der Waals surface area contributed by atoms with Gasteiger partial charge in [0.15, 0.2) is 0 Å². The van der Waals surface area contributed by atoms with Crippen LogP contribution in [-0.4, -0.2) is 51.9 Å². The van der Waals surface area contributed by atoms with Crippen molar-refractivity contribution >= 4 is 28.9 Å². The molecule has 10 heteroatoms. The average molecular weight is 443 g/mol. The van der Waals surface area contributed by atoms with E-state index in [1.54, 1.807) is 36.4 Å². The number of nitrogens with zero attached hydrogens (tertiary/aromatic N) is 2. The molecule has 2 aliphatic rings. The molecule has 4 amide bonds. The number of pyridine rings is 2. The fraction of sp³-hybridized carbons (Fsp3) is 0.174. The highest BCUT2D eigenvalue weighted by molar-refractivity contribution is 6.10. The van der Waals surface area contributed by atoms with Gasteiger partial charge in [0.1, 0.15) is 17.1 Å². The van der Waals surface area contributed by atoms with E-state index in [0.717, 1.165) is 10.9 Å². The molecule has 0 unspecified atom stereocenters. The first-order chi connectivity index (χ1) is 15.9. The summed E-state index contributed by atoms with van der Waals surface area (Å²) >= 11 is 0. The van der Waals surface area contributed by atoms with Gasteiger partial charge in [-0.1, -0.05) is 12.0 Å². The molecule has 1 fully saturated rings. The third kappa shape index (κ3) is 3.55. The zero-order valence-electron chi connectivity index (χ0n) is 17.4. The van der Waals surface area contributed by atoms with Gasteiger partial charge >= 0.3 is 6.03 Å². The number of amides is 4. The van der Waals surface area contributed by atoms with Gasteiger partial charge in [-0.25, -0.2) is 9.78 Å². The number of carbonyl (C=O) groups is 3. The molecule has 3 aromatic rings. The molecule has 0 radical (unpaired) electrons. The molecule has 164 valence electrons. The van der Waals surface area contributed by atoms with Gasteiger partial charge in [-0.05, 0) is 41.8 Å². The lowest BCUT2D eigenvalue weighted by Gasteiger charge is -2.26. The number of H-pyrrole nitrogens is 1. The van der Waals surface area contributed by atoms with Crippen molar-refractivity contribution in [1.82, 2.24) is 25.5 Å². The number of aromatic amines is 1. The van der Waals surface area contributed by atoms with E-state index in [1.165, 1.54) is 18.1 Å². The molecular formula is C23H17N5O5. The summed E-state index contributed by atoms with van der Waals surface area (Å²) in [4.78, 5) is 57.6. The fourth-order valence-electron chi connectivity index (χ4n) is 3.88. The molecule has 3 N–H and O–H groups in total. The molecule has 2 aromatic heterocycles. The molecule has 4 heterocycles. The first-order valence-electron chi connectivity index (χ1n) is 10.00. The number of hydrogen-bond acceptors (Lipinski definition) is 6. The Balaban J connectivity index is 1.48. The predicted octanol–water partition coefficient (Wildman–Crippen LogP) is 0.517. The van der Waals surface area contributed by atoms with Gasteiger partial charge in [0.2, 0.25) is 11.1 Å². The van der Waals surface area contributed by atoms with Gasteiger partial charge in [-0.2, -0.15) is 0 Å². The van der Waals surface area contributed by atoms with E-state index >= 15 is 0 Å². The lowest BCUT2D eigenvalue weighted by atomic mass is 9.99. The van der Waals surface area contributed by atoms with Gasteiger partial charge < -0.3 is 19.9 Å². The lowest BCUT2D eigenvalue weighted by Crippen LogP contribution is -2.54. The van der Waals surface area contributed by atoms with Crippen LogP contribution in [0.2, 0.25) is 0 Å². The number of fused-ring (bicyclic) bond motifs is 2. The van der Waals surface area contributed by atoms with E-state index in [4.69, 9.17) is 4.74 Å². The molecule has 1 atom stereocenters. The van der Waals surface area contributed by atoms with Crippen molar-refractivity contribution in [3.05, 3.63) is 69.6 Å². The Labute approximate surface area is 187 Å². The van der Waals surface area contributed by atoms with Crippen molar-refractivity contribution in [1.29, 1.82) is 0 Å². The number of nitrogens with one attached hydrogen (secondary N) is 3. The smallest absolute Gasteiger partial charge is 0.323 e. The second-order valence-corrected chi connectivity index (χ2v) is 7.70. The number of methoxy groups -OCH3 is 1. The maximum absolute atomic E-state index is 13.0. The van der Waals surface area contributed by atoms with Crippen LogP contribution >= 0.6 is 0 Å². The molecule has 10 nitrogen and oxygen atoms in total. The second kappa shape index (κ2) is 7.49. The third-order valence-electron chi connectivity index (χ3n) is 5.55. The molecule has 5 rings (SSSR count). The normalized spacial score (nSPS) is 19.1. The van der Waals surface area contributed by atoms with Crippen LogP contribution in [0.4, 0.5) is 4.79 Å². The summed E-state index contributed by atoms with van der Waals surface area (Å²) in [6.45, 7) is 0.109. The molecule has 0 saturated carbocycles. The zero-order chi connectivity index (χ0) is 23.2. The van der Waals surface area contributed by atoms with Crippen molar-refractivity contribution < 1.29 is 19.1 Å². The van der Waals surface area contributed by atoms with E-state index < -0.39 is 17.5 Å². The topological polar surface area (TPSA) is 133 Å². The Morgan fingerprint density at radius 2 is 1.94 bits per heavy atom.